The summed E-state index contributed by atoms with van der Waals surface area (Å²) in [6.07, 6.45) is 3.55. The Labute approximate surface area is 239 Å². The Balaban J connectivity index is 1.98. The molecular weight excluding hydrogens is 508 g/mol. The molecule has 0 spiro atoms. The number of rotatable bonds is 9. The first-order valence-electron chi connectivity index (χ1n) is 14.6. The SMILES string of the molecule is COc1cc2c(c(O)c1Oc1c(OC(C)=O)c(OC)cc3c1[C@@H](CC(C)C)[NH+](C)CC3)[C@@H](CC(C)C)[NH+](C)CC2. The minimum atomic E-state index is -0.469. The Kier molecular flexibility index (Phi) is 9.20. The largest absolute Gasteiger partial charge is 0.504 e. The van der Waals surface area contributed by atoms with Crippen LogP contribution in [0.5, 0.6) is 34.5 Å². The zero-order chi connectivity index (χ0) is 29.3. The van der Waals surface area contributed by atoms with Gasteiger partial charge in [-0.1, -0.05) is 27.7 Å². The summed E-state index contributed by atoms with van der Waals surface area (Å²) < 4.78 is 24.1. The molecule has 8 nitrogen and oxygen atoms in total. The second-order valence-corrected chi connectivity index (χ2v) is 12.4. The van der Waals surface area contributed by atoms with Crippen LogP contribution in [0.2, 0.25) is 0 Å². The molecule has 0 aromatic heterocycles. The van der Waals surface area contributed by atoms with Gasteiger partial charge >= 0.3 is 5.97 Å². The van der Waals surface area contributed by atoms with Crippen molar-refractivity contribution in [2.45, 2.75) is 72.4 Å². The van der Waals surface area contributed by atoms with Crippen molar-refractivity contribution in [3.8, 4) is 34.5 Å². The van der Waals surface area contributed by atoms with E-state index < -0.39 is 5.97 Å². The number of benzene rings is 2. The first-order chi connectivity index (χ1) is 19.0. The van der Waals surface area contributed by atoms with E-state index in [1.807, 2.05) is 12.1 Å². The minimum absolute atomic E-state index is 0.0984. The van der Waals surface area contributed by atoms with Gasteiger partial charge < -0.3 is 33.9 Å². The van der Waals surface area contributed by atoms with Crippen LogP contribution in [-0.2, 0) is 17.6 Å². The third kappa shape index (κ3) is 5.88. The molecule has 2 aliphatic heterocycles. The number of methoxy groups -OCH3 is 2. The molecular formula is C32H48N2O6+2. The van der Waals surface area contributed by atoms with Crippen LogP contribution in [0.3, 0.4) is 0 Å². The van der Waals surface area contributed by atoms with Crippen molar-refractivity contribution in [1.29, 1.82) is 0 Å². The van der Waals surface area contributed by atoms with Gasteiger partial charge in [-0.3, -0.25) is 4.79 Å². The van der Waals surface area contributed by atoms with Crippen molar-refractivity contribution in [2.24, 2.45) is 11.8 Å². The normalized spacial score (nSPS) is 22.1. The Morgan fingerprint density at radius 2 is 1.32 bits per heavy atom. The number of carbonyl (C=O) groups excluding carboxylic acids is 1. The number of likely N-dealkylation sites (N-methyl/N-ethyl adjacent to an activating group) is 2. The lowest BCUT2D eigenvalue weighted by Gasteiger charge is -2.35. The predicted molar refractivity (Wildman–Crippen MR) is 154 cm³/mol. The average Bonchev–Trinajstić information content (AvgIpc) is 2.88. The molecule has 0 amide bonds. The molecule has 220 valence electrons. The Morgan fingerprint density at radius 3 is 1.80 bits per heavy atom. The van der Waals surface area contributed by atoms with Crippen LogP contribution in [0.1, 0.15) is 81.8 Å². The van der Waals surface area contributed by atoms with E-state index in [9.17, 15) is 9.90 Å². The lowest BCUT2D eigenvalue weighted by Crippen LogP contribution is -3.10. The zero-order valence-corrected chi connectivity index (χ0v) is 25.7. The molecule has 3 N–H and O–H groups in total. The quantitative estimate of drug-likeness (QED) is 0.324. The van der Waals surface area contributed by atoms with Crippen molar-refractivity contribution >= 4 is 5.97 Å². The van der Waals surface area contributed by atoms with Gasteiger partial charge in [0, 0.05) is 32.6 Å². The van der Waals surface area contributed by atoms with E-state index in [0.717, 1.165) is 61.0 Å². The standard InChI is InChI=1S/C32H46N2O6/c1-18(2)14-23-27-21(10-12-33(23)6)16-25(37-8)30(29(27)36)40-32-28-22(11-13-34(7)24(28)15-19(3)4)17-26(38-9)31(32)39-20(5)35/h16-19,23-24,36H,10-15H2,1-9H3/p+2/t23-,24-/m1/s1. The molecule has 0 aliphatic carbocycles. The van der Waals surface area contributed by atoms with Crippen LogP contribution < -0.4 is 28.7 Å². The molecule has 0 saturated carbocycles. The first-order valence-corrected chi connectivity index (χ1v) is 14.6. The van der Waals surface area contributed by atoms with Crippen molar-refractivity contribution < 1.29 is 38.6 Å². The van der Waals surface area contributed by atoms with Gasteiger partial charge in [0.15, 0.2) is 23.0 Å². The third-order valence-corrected chi connectivity index (χ3v) is 8.44. The molecule has 8 heteroatoms. The van der Waals surface area contributed by atoms with Crippen LogP contribution in [0.15, 0.2) is 12.1 Å². The summed E-state index contributed by atoms with van der Waals surface area (Å²) in [5.41, 5.74) is 4.11. The second-order valence-electron chi connectivity index (χ2n) is 12.4. The highest BCUT2D eigenvalue weighted by molar-refractivity contribution is 5.74. The number of hydrogen-bond acceptors (Lipinski definition) is 6. The van der Waals surface area contributed by atoms with E-state index in [2.05, 4.69) is 41.8 Å². The zero-order valence-electron chi connectivity index (χ0n) is 25.7. The van der Waals surface area contributed by atoms with Gasteiger partial charge in [-0.15, -0.1) is 0 Å². The molecule has 0 bridgehead atoms. The number of aromatic hydroxyl groups is 1. The highest BCUT2D eigenvalue weighted by atomic mass is 16.6. The molecule has 2 aromatic rings. The first kappa shape index (κ1) is 30.0. The van der Waals surface area contributed by atoms with Crippen LogP contribution in [0, 0.1) is 11.8 Å². The average molecular weight is 557 g/mol. The lowest BCUT2D eigenvalue weighted by molar-refractivity contribution is -0.915. The molecule has 2 aromatic carbocycles. The smallest absolute Gasteiger partial charge is 0.308 e. The Hall–Kier alpha value is -2.97. The summed E-state index contributed by atoms with van der Waals surface area (Å²) in [5, 5.41) is 11.9. The summed E-state index contributed by atoms with van der Waals surface area (Å²) >= 11 is 0. The van der Waals surface area contributed by atoms with Gasteiger partial charge in [-0.2, -0.15) is 0 Å². The fourth-order valence-corrected chi connectivity index (χ4v) is 6.49. The second kappa shape index (κ2) is 12.3. The van der Waals surface area contributed by atoms with Gasteiger partial charge in [0.25, 0.3) is 0 Å². The monoisotopic (exact) mass is 556 g/mol. The number of phenolic OH excluding ortho intramolecular Hbond substituents is 1. The van der Waals surface area contributed by atoms with Gasteiger partial charge in [-0.25, -0.2) is 0 Å². The maximum Gasteiger partial charge on any atom is 0.308 e. The summed E-state index contributed by atoms with van der Waals surface area (Å²) in [5.74, 6) is 2.34. The lowest BCUT2D eigenvalue weighted by atomic mass is 9.86. The van der Waals surface area contributed by atoms with Crippen LogP contribution in [0.4, 0.5) is 0 Å². The molecule has 2 heterocycles. The van der Waals surface area contributed by atoms with E-state index in [0.29, 0.717) is 29.1 Å². The maximum atomic E-state index is 12.3. The minimum Gasteiger partial charge on any atom is -0.504 e. The number of esters is 1. The van der Waals surface area contributed by atoms with Gasteiger partial charge in [0.2, 0.25) is 11.5 Å². The van der Waals surface area contributed by atoms with Crippen molar-refractivity contribution in [1.82, 2.24) is 0 Å². The summed E-state index contributed by atoms with van der Waals surface area (Å²) in [6, 6.07) is 4.23. The molecule has 0 saturated heterocycles. The topological polar surface area (TPSA) is 83.1 Å². The number of phenols is 1. The highest BCUT2D eigenvalue weighted by Gasteiger charge is 2.39. The molecule has 0 fully saturated rings. The number of quaternary nitrogens is 2. The Bertz CT molecular complexity index is 1240. The fourth-order valence-electron chi connectivity index (χ4n) is 6.49. The third-order valence-electron chi connectivity index (χ3n) is 8.44. The molecule has 2 unspecified atom stereocenters. The Morgan fingerprint density at radius 1 is 0.850 bits per heavy atom. The maximum absolute atomic E-state index is 12.3. The summed E-state index contributed by atoms with van der Waals surface area (Å²) in [4.78, 5) is 15.1. The van der Waals surface area contributed by atoms with E-state index in [4.69, 9.17) is 18.9 Å². The van der Waals surface area contributed by atoms with E-state index in [1.165, 1.54) is 16.7 Å². The summed E-state index contributed by atoms with van der Waals surface area (Å²) in [6.45, 7) is 12.2. The van der Waals surface area contributed by atoms with Gasteiger partial charge in [0.1, 0.15) is 12.1 Å². The predicted octanol–water partition coefficient (Wildman–Crippen LogP) is 3.44. The van der Waals surface area contributed by atoms with Crippen molar-refractivity contribution in [3.05, 3.63) is 34.4 Å². The molecule has 2 aliphatic rings. The number of hydrogen-bond donors (Lipinski definition) is 3. The number of carbonyl (C=O) groups is 1. The van der Waals surface area contributed by atoms with Gasteiger partial charge in [0.05, 0.1) is 52.5 Å². The summed E-state index contributed by atoms with van der Waals surface area (Å²) in [7, 11) is 7.54. The molecule has 4 rings (SSSR count). The fraction of sp³-hybridized carbons (Fsp3) is 0.594. The van der Waals surface area contributed by atoms with Gasteiger partial charge in [-0.05, 0) is 35.1 Å². The van der Waals surface area contributed by atoms with Crippen LogP contribution >= 0.6 is 0 Å². The van der Waals surface area contributed by atoms with Crippen molar-refractivity contribution in [2.75, 3.05) is 41.4 Å². The number of nitrogens with one attached hydrogen (secondary N) is 2. The van der Waals surface area contributed by atoms with E-state index in [-0.39, 0.29) is 29.3 Å². The van der Waals surface area contributed by atoms with Crippen LogP contribution in [-0.4, -0.2) is 52.5 Å². The van der Waals surface area contributed by atoms with E-state index >= 15 is 0 Å². The van der Waals surface area contributed by atoms with Crippen molar-refractivity contribution in [3.63, 3.8) is 0 Å². The molecule has 4 atom stereocenters. The molecule has 40 heavy (non-hydrogen) atoms. The van der Waals surface area contributed by atoms with E-state index in [1.54, 1.807) is 14.2 Å². The highest BCUT2D eigenvalue weighted by Crippen LogP contribution is 2.53. The number of fused-ring (bicyclic) bond motifs is 2. The number of ether oxygens (including phenoxy) is 4. The van der Waals surface area contributed by atoms with Crippen LogP contribution in [0.25, 0.3) is 0 Å². The molecule has 0 radical (unpaired) electrons.